The van der Waals surface area contributed by atoms with Crippen LogP contribution < -0.4 is 0 Å². The van der Waals surface area contributed by atoms with E-state index in [0.29, 0.717) is 17.4 Å². The number of rotatable bonds is 3. The van der Waals surface area contributed by atoms with Gasteiger partial charge in [-0.15, -0.1) is 0 Å². The van der Waals surface area contributed by atoms with E-state index in [0.717, 1.165) is 27.9 Å². The fourth-order valence-corrected chi connectivity index (χ4v) is 3.55. The maximum Gasteiger partial charge on any atom is 0.234 e. The van der Waals surface area contributed by atoms with E-state index < -0.39 is 0 Å². The van der Waals surface area contributed by atoms with Crippen LogP contribution in [0.4, 0.5) is 0 Å². The van der Waals surface area contributed by atoms with Crippen LogP contribution in [0.25, 0.3) is 28.2 Å². The first kappa shape index (κ1) is 15.7. The molecule has 0 saturated heterocycles. The van der Waals surface area contributed by atoms with E-state index >= 15 is 0 Å². The normalized spacial score (nSPS) is 13.6. The molecule has 1 aliphatic rings. The maximum atomic E-state index is 9.95. The van der Waals surface area contributed by atoms with Gasteiger partial charge in [0.25, 0.3) is 0 Å². The first-order valence-corrected chi connectivity index (χ1v) is 9.05. The van der Waals surface area contributed by atoms with Crippen LogP contribution in [-0.2, 0) is 0 Å². The topological polar surface area (TPSA) is 67.4 Å². The third-order valence-electron chi connectivity index (χ3n) is 5.06. The number of aryl methyl sites for hydroxylation is 1. The van der Waals surface area contributed by atoms with Crippen LogP contribution in [0, 0.1) is 18.3 Å². The van der Waals surface area contributed by atoms with Crippen LogP contribution in [0.2, 0.25) is 0 Å². The Bertz CT molecular complexity index is 1180. The summed E-state index contributed by atoms with van der Waals surface area (Å²) in [7, 11) is 0. The zero-order valence-corrected chi connectivity index (χ0v) is 14.9. The van der Waals surface area contributed by atoms with Crippen molar-refractivity contribution >= 4 is 10.9 Å². The fourth-order valence-electron chi connectivity index (χ4n) is 3.55. The second-order valence-corrected chi connectivity index (χ2v) is 6.99. The number of nitrogens with zero attached hydrogens (tertiary/aromatic N) is 5. The lowest BCUT2D eigenvalue weighted by molar-refractivity contribution is 0.959. The van der Waals surface area contributed by atoms with Crippen molar-refractivity contribution < 1.29 is 0 Å². The van der Waals surface area contributed by atoms with Gasteiger partial charge in [-0.2, -0.15) is 5.26 Å². The van der Waals surface area contributed by atoms with Gasteiger partial charge in [-0.3, -0.25) is 9.55 Å². The highest BCUT2D eigenvalue weighted by Gasteiger charge is 2.27. The Morgan fingerprint density at radius 3 is 2.56 bits per heavy atom. The molecule has 3 heterocycles. The van der Waals surface area contributed by atoms with E-state index in [1.54, 1.807) is 18.5 Å². The first-order chi connectivity index (χ1) is 13.3. The molecule has 1 aromatic carbocycles. The number of benzene rings is 1. The van der Waals surface area contributed by atoms with Crippen molar-refractivity contribution in [3.8, 4) is 23.4 Å². The molecular weight excluding hydrogens is 334 g/mol. The predicted octanol–water partition coefficient (Wildman–Crippen LogP) is 4.54. The molecule has 0 atom stereocenters. The van der Waals surface area contributed by atoms with Gasteiger partial charge in [0.05, 0.1) is 22.5 Å². The summed E-state index contributed by atoms with van der Waals surface area (Å²) >= 11 is 0. The zero-order valence-electron chi connectivity index (χ0n) is 14.9. The van der Waals surface area contributed by atoms with E-state index in [4.69, 9.17) is 0 Å². The Hall–Kier alpha value is -3.52. The quantitative estimate of drug-likeness (QED) is 0.543. The molecule has 4 aromatic rings. The molecule has 5 rings (SSSR count). The highest BCUT2D eigenvalue weighted by atomic mass is 15.2. The first-order valence-electron chi connectivity index (χ1n) is 9.05. The van der Waals surface area contributed by atoms with E-state index in [9.17, 15) is 5.26 Å². The zero-order chi connectivity index (χ0) is 18.4. The molecule has 0 N–H and O–H groups in total. The average molecular weight is 351 g/mol. The van der Waals surface area contributed by atoms with Gasteiger partial charge in [-0.1, -0.05) is 18.2 Å². The molecule has 0 aliphatic heterocycles. The lowest BCUT2D eigenvalue weighted by atomic mass is 10.1. The van der Waals surface area contributed by atoms with Crippen LogP contribution >= 0.6 is 0 Å². The van der Waals surface area contributed by atoms with Crippen LogP contribution in [0.5, 0.6) is 0 Å². The number of hydrogen-bond donors (Lipinski definition) is 0. The summed E-state index contributed by atoms with van der Waals surface area (Å²) in [5.74, 6) is 1.18. The average Bonchev–Trinajstić information content (AvgIpc) is 3.50. The monoisotopic (exact) mass is 351 g/mol. The minimum absolute atomic E-state index is 0.550. The summed E-state index contributed by atoms with van der Waals surface area (Å²) in [4.78, 5) is 13.5. The molecule has 0 unspecified atom stereocenters. The molecule has 0 spiro atoms. The van der Waals surface area contributed by atoms with Crippen molar-refractivity contribution in [2.75, 3.05) is 0 Å². The van der Waals surface area contributed by atoms with E-state index in [1.165, 1.54) is 18.4 Å². The number of fused-ring (bicyclic) bond motifs is 1. The molecule has 130 valence electrons. The number of aromatic nitrogens is 4. The van der Waals surface area contributed by atoms with Crippen molar-refractivity contribution in [2.45, 2.75) is 25.7 Å². The van der Waals surface area contributed by atoms with Crippen molar-refractivity contribution in [1.29, 1.82) is 5.26 Å². The Balaban J connectivity index is 1.89. The summed E-state index contributed by atoms with van der Waals surface area (Å²) in [5, 5.41) is 10.9. The SMILES string of the molecule is Cc1ccc(-c2c(C#N)c3ccc(C4CC4)cc3n2-c2ncccn2)nc1. The van der Waals surface area contributed by atoms with Crippen LogP contribution in [0.3, 0.4) is 0 Å². The third-order valence-corrected chi connectivity index (χ3v) is 5.06. The molecule has 1 aliphatic carbocycles. The molecule has 1 fully saturated rings. The maximum absolute atomic E-state index is 9.95. The van der Waals surface area contributed by atoms with Crippen LogP contribution in [-0.4, -0.2) is 19.5 Å². The van der Waals surface area contributed by atoms with Gasteiger partial charge in [0.1, 0.15) is 6.07 Å². The van der Waals surface area contributed by atoms with Crippen molar-refractivity contribution in [1.82, 2.24) is 19.5 Å². The highest BCUT2D eigenvalue weighted by molar-refractivity contribution is 5.95. The number of pyridine rings is 1. The molecule has 0 amide bonds. The molecule has 5 heteroatoms. The van der Waals surface area contributed by atoms with E-state index in [1.807, 2.05) is 29.8 Å². The summed E-state index contributed by atoms with van der Waals surface area (Å²) in [5.41, 5.74) is 5.44. The van der Waals surface area contributed by atoms with E-state index in [-0.39, 0.29) is 0 Å². The Morgan fingerprint density at radius 1 is 1.07 bits per heavy atom. The Kier molecular flexibility index (Phi) is 3.51. The second kappa shape index (κ2) is 6.03. The molecular formula is C22H17N5. The molecule has 27 heavy (non-hydrogen) atoms. The molecule has 0 radical (unpaired) electrons. The molecule has 3 aromatic heterocycles. The van der Waals surface area contributed by atoms with Gasteiger partial charge >= 0.3 is 0 Å². The number of nitriles is 1. The Morgan fingerprint density at radius 2 is 1.89 bits per heavy atom. The summed E-state index contributed by atoms with van der Waals surface area (Å²) in [6, 6.07) is 14.5. The van der Waals surface area contributed by atoms with Crippen LogP contribution in [0.15, 0.2) is 55.0 Å². The summed E-state index contributed by atoms with van der Waals surface area (Å²) in [6.07, 6.45) is 7.71. The van der Waals surface area contributed by atoms with Gasteiger partial charge in [-0.25, -0.2) is 9.97 Å². The molecule has 5 nitrogen and oxygen atoms in total. The fraction of sp³-hybridized carbons (Fsp3) is 0.182. The van der Waals surface area contributed by atoms with Crippen LogP contribution in [0.1, 0.15) is 35.4 Å². The van der Waals surface area contributed by atoms with Gasteiger partial charge in [-0.05, 0) is 55.0 Å². The minimum Gasteiger partial charge on any atom is -0.275 e. The van der Waals surface area contributed by atoms with Gasteiger partial charge < -0.3 is 0 Å². The smallest absolute Gasteiger partial charge is 0.234 e. The second-order valence-electron chi connectivity index (χ2n) is 6.99. The van der Waals surface area contributed by atoms with E-state index in [2.05, 4.69) is 39.2 Å². The third kappa shape index (κ3) is 2.58. The predicted molar refractivity (Wildman–Crippen MR) is 104 cm³/mol. The molecule has 1 saturated carbocycles. The summed E-state index contributed by atoms with van der Waals surface area (Å²) in [6.45, 7) is 2.00. The van der Waals surface area contributed by atoms with Crippen molar-refractivity contribution in [3.63, 3.8) is 0 Å². The molecule has 0 bridgehead atoms. The Labute approximate surface area is 157 Å². The van der Waals surface area contributed by atoms with Crippen molar-refractivity contribution in [2.24, 2.45) is 0 Å². The lowest BCUT2D eigenvalue weighted by Crippen LogP contribution is -2.03. The lowest BCUT2D eigenvalue weighted by Gasteiger charge is -2.09. The largest absolute Gasteiger partial charge is 0.275 e. The number of hydrogen-bond acceptors (Lipinski definition) is 4. The minimum atomic E-state index is 0.550. The summed E-state index contributed by atoms with van der Waals surface area (Å²) < 4.78 is 1.97. The highest BCUT2D eigenvalue weighted by Crippen LogP contribution is 2.42. The standard InChI is InChI=1S/C22H17N5/c1-14-3-8-19(26-13-14)21-18(12-23)17-7-6-16(15-4-5-15)11-20(17)27(21)22-24-9-2-10-25-22/h2-3,6-11,13,15H,4-5H2,1H3. The van der Waals surface area contributed by atoms with Crippen molar-refractivity contribution in [3.05, 3.63) is 71.7 Å². The van der Waals surface area contributed by atoms with Gasteiger partial charge in [0, 0.05) is 24.0 Å². The van der Waals surface area contributed by atoms with Gasteiger partial charge in [0.2, 0.25) is 5.95 Å². The van der Waals surface area contributed by atoms with Gasteiger partial charge in [0.15, 0.2) is 0 Å².